The summed E-state index contributed by atoms with van der Waals surface area (Å²) in [6, 6.07) is 14.4. The minimum atomic E-state index is -0.322. The number of allylic oxidation sites excluding steroid dienone is 10. The van der Waals surface area contributed by atoms with Crippen LogP contribution in [0.25, 0.3) is 10.9 Å². The van der Waals surface area contributed by atoms with E-state index < -0.39 is 0 Å². The van der Waals surface area contributed by atoms with Crippen molar-refractivity contribution in [1.82, 2.24) is 9.88 Å². The quantitative estimate of drug-likeness (QED) is 0.0483. The fourth-order valence-corrected chi connectivity index (χ4v) is 5.51. The van der Waals surface area contributed by atoms with Gasteiger partial charge in [-0.25, -0.2) is 0 Å². The summed E-state index contributed by atoms with van der Waals surface area (Å²) in [6.07, 6.45) is 31.5. The van der Waals surface area contributed by atoms with Crippen LogP contribution in [0, 0.1) is 0 Å². The Balaban J connectivity index is 1.27. The summed E-state index contributed by atoms with van der Waals surface area (Å²) >= 11 is 12.3. The molecule has 0 unspecified atom stereocenters. The third-order valence-electron chi connectivity index (χ3n) is 8.03. The molecule has 0 aliphatic heterocycles. The Bertz CT molecular complexity index is 1690. The van der Waals surface area contributed by atoms with E-state index in [1.807, 2.05) is 30.3 Å². The highest BCUT2D eigenvalue weighted by Crippen LogP contribution is 2.29. The van der Waals surface area contributed by atoms with Gasteiger partial charge in [0.1, 0.15) is 5.75 Å². The lowest BCUT2D eigenvalue weighted by atomic mass is 10.2. The lowest BCUT2D eigenvalue weighted by molar-refractivity contribution is -0.147. The van der Waals surface area contributed by atoms with Gasteiger partial charge in [0.05, 0.1) is 27.9 Å². The van der Waals surface area contributed by atoms with E-state index in [4.69, 9.17) is 32.7 Å². The number of hydrogen-bond acceptors (Lipinski definition) is 6. The highest BCUT2D eigenvalue weighted by Gasteiger charge is 2.09. The first-order valence-corrected chi connectivity index (χ1v) is 19.3. The van der Waals surface area contributed by atoms with E-state index in [9.17, 15) is 9.59 Å². The van der Waals surface area contributed by atoms with Gasteiger partial charge in [-0.3, -0.25) is 14.2 Å². The number of hydrogen-bond donors (Lipinski definition) is 2. The van der Waals surface area contributed by atoms with Gasteiger partial charge in [0.25, 0.3) is 5.56 Å². The summed E-state index contributed by atoms with van der Waals surface area (Å²) in [4.78, 5) is 25.1. The number of pyridine rings is 1. The zero-order chi connectivity index (χ0) is 37.1. The summed E-state index contributed by atoms with van der Waals surface area (Å²) < 4.78 is 12.9. The molecule has 0 bridgehead atoms. The van der Waals surface area contributed by atoms with Gasteiger partial charge in [-0.15, -0.1) is 0 Å². The molecule has 0 amide bonds. The molecular formula is C43H55Cl2N3O4. The zero-order valence-electron chi connectivity index (χ0n) is 30.5. The van der Waals surface area contributed by atoms with Crippen LogP contribution in [0.4, 0.5) is 5.69 Å². The molecule has 1 heterocycles. The van der Waals surface area contributed by atoms with Gasteiger partial charge >= 0.3 is 5.97 Å². The topological polar surface area (TPSA) is 81.6 Å². The number of esters is 1. The van der Waals surface area contributed by atoms with E-state index >= 15 is 0 Å². The first-order chi connectivity index (χ1) is 25.5. The van der Waals surface area contributed by atoms with Crippen molar-refractivity contribution in [2.75, 3.05) is 31.6 Å². The number of halogens is 2. The van der Waals surface area contributed by atoms with Crippen LogP contribution in [0.1, 0.15) is 77.6 Å². The number of anilines is 1. The number of aromatic nitrogens is 1. The largest absolute Gasteiger partial charge is 0.494 e. The number of carbonyl (C=O) groups excluding carboxylic acids is 1. The van der Waals surface area contributed by atoms with Crippen molar-refractivity contribution in [3.8, 4) is 5.75 Å². The second-order valence-corrected chi connectivity index (χ2v) is 13.1. The lowest BCUT2D eigenvalue weighted by Gasteiger charge is -2.13. The van der Waals surface area contributed by atoms with Gasteiger partial charge in [-0.05, 0) is 100 Å². The molecular weight excluding hydrogens is 693 g/mol. The molecule has 280 valence electrons. The van der Waals surface area contributed by atoms with Crippen LogP contribution < -0.4 is 20.9 Å². The summed E-state index contributed by atoms with van der Waals surface area (Å²) in [7, 11) is 0. The maximum absolute atomic E-state index is 12.7. The molecule has 3 aromatic rings. The molecule has 7 nitrogen and oxygen atoms in total. The summed E-state index contributed by atoms with van der Waals surface area (Å²) in [5.74, 6) is 0.345. The van der Waals surface area contributed by atoms with E-state index in [1.165, 1.54) is 17.1 Å². The SMILES string of the molecule is CCC/C=C\C/C=C\C/C=C\C/C=C\C/C=C\CCCC(=O)OCn1c(=O)ccc2ccc(OCCCCNCCNc3cccc(Cl)c3Cl)cc21. The van der Waals surface area contributed by atoms with Crippen molar-refractivity contribution in [3.05, 3.63) is 130 Å². The van der Waals surface area contributed by atoms with Crippen LogP contribution in [-0.2, 0) is 16.3 Å². The third-order valence-corrected chi connectivity index (χ3v) is 8.85. The van der Waals surface area contributed by atoms with Crippen LogP contribution in [0.2, 0.25) is 10.0 Å². The molecule has 3 rings (SSSR count). The molecule has 0 saturated carbocycles. The van der Waals surface area contributed by atoms with Crippen LogP contribution >= 0.6 is 23.2 Å². The highest BCUT2D eigenvalue weighted by molar-refractivity contribution is 6.43. The van der Waals surface area contributed by atoms with Gasteiger partial charge in [0.15, 0.2) is 6.73 Å². The number of carbonyl (C=O) groups is 1. The van der Waals surface area contributed by atoms with E-state index in [0.29, 0.717) is 40.8 Å². The monoisotopic (exact) mass is 747 g/mol. The van der Waals surface area contributed by atoms with E-state index in [-0.39, 0.29) is 18.3 Å². The van der Waals surface area contributed by atoms with Crippen molar-refractivity contribution in [2.45, 2.75) is 84.3 Å². The Morgan fingerprint density at radius 2 is 1.44 bits per heavy atom. The fraction of sp³-hybridized carbons (Fsp3) is 0.395. The summed E-state index contributed by atoms with van der Waals surface area (Å²) in [5.41, 5.74) is 1.26. The molecule has 0 aliphatic carbocycles. The number of nitrogens with one attached hydrogen (secondary N) is 2. The van der Waals surface area contributed by atoms with Gasteiger partial charge in [-0.1, -0.05) is 103 Å². The molecule has 0 atom stereocenters. The third kappa shape index (κ3) is 17.5. The molecule has 0 spiro atoms. The fourth-order valence-electron chi connectivity index (χ4n) is 5.14. The van der Waals surface area contributed by atoms with Crippen LogP contribution in [0.3, 0.4) is 0 Å². The minimum absolute atomic E-state index is 0.135. The van der Waals surface area contributed by atoms with Crippen molar-refractivity contribution in [3.63, 3.8) is 0 Å². The van der Waals surface area contributed by atoms with Crippen molar-refractivity contribution in [2.24, 2.45) is 0 Å². The van der Waals surface area contributed by atoms with E-state index in [0.717, 1.165) is 82.1 Å². The standard InChI is InChI=1S/C43H55Cl2N3O4/c1-2-3-4-5-6-7-8-9-10-11-12-13-14-15-16-17-18-19-25-42(50)52-35-48-40-34-37(28-26-36(40)27-29-41(48)49)51-33-21-20-30-46-31-32-47-39-24-22-23-38(44)43(39)45/h4-5,7-8,10-11,13-14,16-17,22-24,26-29,34,46-47H,2-3,6,9,12,15,18-21,25,30-33,35H2,1H3/b5-4-,8-7-,11-10-,14-13-,17-16-. The van der Waals surface area contributed by atoms with Gasteiger partial charge in [-0.2, -0.15) is 0 Å². The second kappa shape index (κ2) is 26.7. The number of fused-ring (bicyclic) bond motifs is 1. The number of unbranched alkanes of at least 4 members (excludes halogenated alkanes) is 3. The first kappa shape index (κ1) is 42.4. The maximum Gasteiger partial charge on any atom is 0.307 e. The number of ether oxygens (including phenoxy) is 2. The van der Waals surface area contributed by atoms with E-state index in [2.05, 4.69) is 78.3 Å². The highest BCUT2D eigenvalue weighted by atomic mass is 35.5. The van der Waals surface area contributed by atoms with E-state index in [1.54, 1.807) is 12.1 Å². The Labute approximate surface area is 320 Å². The molecule has 52 heavy (non-hydrogen) atoms. The minimum Gasteiger partial charge on any atom is -0.494 e. The summed E-state index contributed by atoms with van der Waals surface area (Å²) in [6.45, 7) is 4.99. The smallest absolute Gasteiger partial charge is 0.307 e. The molecule has 1 aromatic heterocycles. The Morgan fingerprint density at radius 1 is 0.769 bits per heavy atom. The number of benzene rings is 2. The van der Waals surface area contributed by atoms with Gasteiger partial charge in [0.2, 0.25) is 0 Å². The van der Waals surface area contributed by atoms with Crippen LogP contribution in [0.15, 0.2) is 114 Å². The molecule has 9 heteroatoms. The number of nitrogens with zero attached hydrogens (tertiary/aromatic N) is 1. The van der Waals surface area contributed by atoms with Gasteiger partial charge in [0, 0.05) is 31.6 Å². The van der Waals surface area contributed by atoms with Gasteiger partial charge < -0.3 is 20.1 Å². The number of rotatable bonds is 26. The second-order valence-electron chi connectivity index (χ2n) is 12.3. The van der Waals surface area contributed by atoms with Crippen molar-refractivity contribution >= 4 is 45.8 Å². The Hall–Kier alpha value is -4.04. The maximum atomic E-state index is 12.7. The first-order valence-electron chi connectivity index (χ1n) is 18.5. The molecule has 0 fully saturated rings. The molecule has 0 radical (unpaired) electrons. The van der Waals surface area contributed by atoms with Crippen LogP contribution in [-0.4, -0.2) is 36.8 Å². The van der Waals surface area contributed by atoms with Crippen LogP contribution in [0.5, 0.6) is 5.75 Å². The molecule has 0 aliphatic rings. The Morgan fingerprint density at radius 3 is 2.15 bits per heavy atom. The molecule has 2 N–H and O–H groups in total. The summed E-state index contributed by atoms with van der Waals surface area (Å²) in [5, 5.41) is 8.63. The average Bonchev–Trinajstić information content (AvgIpc) is 3.14. The zero-order valence-corrected chi connectivity index (χ0v) is 32.1. The van der Waals surface area contributed by atoms with Crippen molar-refractivity contribution in [1.29, 1.82) is 0 Å². The molecule has 2 aromatic carbocycles. The predicted molar refractivity (Wildman–Crippen MR) is 220 cm³/mol. The Kier molecular flexibility index (Phi) is 21.8. The lowest BCUT2D eigenvalue weighted by Crippen LogP contribution is -2.23. The molecule has 0 saturated heterocycles. The predicted octanol–water partition coefficient (Wildman–Crippen LogP) is 11.0. The normalized spacial score (nSPS) is 12.1. The van der Waals surface area contributed by atoms with Crippen molar-refractivity contribution < 1.29 is 14.3 Å². The average molecular weight is 749 g/mol.